The quantitative estimate of drug-likeness (QED) is 0.398. The Kier molecular flexibility index (Phi) is 9.21. The van der Waals surface area contributed by atoms with Crippen LogP contribution in [0.3, 0.4) is 0 Å². The van der Waals surface area contributed by atoms with Gasteiger partial charge in [0.2, 0.25) is 5.91 Å². The lowest BCUT2D eigenvalue weighted by Crippen LogP contribution is -2.27. The van der Waals surface area contributed by atoms with E-state index in [-0.39, 0.29) is 11.7 Å². The number of ether oxygens (including phenoxy) is 4. The number of nitrogens with one attached hydrogen (secondary N) is 1. The fourth-order valence-electron chi connectivity index (χ4n) is 3.36. The molecule has 0 aliphatic rings. The highest BCUT2D eigenvalue weighted by Crippen LogP contribution is 2.33. The molecule has 0 aliphatic heterocycles. The number of pyridine rings is 1. The van der Waals surface area contributed by atoms with Crippen LogP contribution in [0.15, 0.2) is 53.6 Å². The predicted molar refractivity (Wildman–Crippen MR) is 134 cm³/mol. The second kappa shape index (κ2) is 12.5. The van der Waals surface area contributed by atoms with Crippen LogP contribution in [0.5, 0.6) is 23.0 Å². The van der Waals surface area contributed by atoms with Crippen LogP contribution in [-0.2, 0) is 11.2 Å². The SMILES string of the molecule is COc1ccc(CCNC(=O)CSc2nc(-c3ccc(OC)c(OC)c3)ccc2C#N)cc1OC. The number of nitriles is 1. The molecule has 182 valence electrons. The lowest BCUT2D eigenvalue weighted by atomic mass is 10.1. The third-order valence-corrected chi connectivity index (χ3v) is 6.17. The summed E-state index contributed by atoms with van der Waals surface area (Å²) in [6.45, 7) is 0.471. The third-order valence-electron chi connectivity index (χ3n) is 5.18. The Morgan fingerprint density at radius 1 is 0.914 bits per heavy atom. The number of carbonyl (C=O) groups is 1. The molecule has 0 radical (unpaired) electrons. The highest BCUT2D eigenvalue weighted by molar-refractivity contribution is 8.00. The molecule has 35 heavy (non-hydrogen) atoms. The maximum Gasteiger partial charge on any atom is 0.230 e. The van der Waals surface area contributed by atoms with E-state index in [0.29, 0.717) is 52.2 Å². The van der Waals surface area contributed by atoms with Crippen molar-refractivity contribution in [3.8, 4) is 40.3 Å². The van der Waals surface area contributed by atoms with Gasteiger partial charge in [-0.1, -0.05) is 17.8 Å². The number of benzene rings is 2. The van der Waals surface area contributed by atoms with E-state index in [1.807, 2.05) is 30.3 Å². The summed E-state index contributed by atoms with van der Waals surface area (Å²) in [5.41, 5.74) is 2.92. The van der Waals surface area contributed by atoms with Crippen molar-refractivity contribution in [1.29, 1.82) is 5.26 Å². The summed E-state index contributed by atoms with van der Waals surface area (Å²) in [7, 11) is 6.32. The van der Waals surface area contributed by atoms with E-state index in [1.54, 1.807) is 46.6 Å². The number of methoxy groups -OCH3 is 4. The molecule has 2 aromatic carbocycles. The fraction of sp³-hybridized carbons (Fsp3) is 0.269. The molecule has 1 N–H and O–H groups in total. The zero-order chi connectivity index (χ0) is 25.2. The molecule has 0 spiro atoms. The standard InChI is InChI=1S/C26H27N3O5S/c1-31-21-9-5-17(13-23(21)33-3)11-12-28-25(30)16-35-26-19(15-27)6-8-20(29-26)18-7-10-22(32-2)24(14-18)34-4/h5-10,13-14H,11-12,16H2,1-4H3,(H,28,30). The van der Waals surface area contributed by atoms with E-state index in [0.717, 1.165) is 11.1 Å². The zero-order valence-corrected chi connectivity index (χ0v) is 20.9. The summed E-state index contributed by atoms with van der Waals surface area (Å²) in [6.07, 6.45) is 0.646. The average Bonchev–Trinajstić information content (AvgIpc) is 2.91. The van der Waals surface area contributed by atoms with E-state index in [9.17, 15) is 10.1 Å². The van der Waals surface area contributed by atoms with Crippen LogP contribution in [0.4, 0.5) is 0 Å². The van der Waals surface area contributed by atoms with Crippen molar-refractivity contribution in [2.24, 2.45) is 0 Å². The highest BCUT2D eigenvalue weighted by Gasteiger charge is 2.13. The minimum atomic E-state index is -0.141. The molecule has 0 fully saturated rings. The van der Waals surface area contributed by atoms with Crippen molar-refractivity contribution in [2.75, 3.05) is 40.7 Å². The second-order valence-corrected chi connectivity index (χ2v) is 8.27. The Hall–Kier alpha value is -3.90. The number of thioether (sulfide) groups is 1. The molecule has 0 bridgehead atoms. The molecule has 0 aliphatic carbocycles. The van der Waals surface area contributed by atoms with Gasteiger partial charge in [0, 0.05) is 12.1 Å². The monoisotopic (exact) mass is 493 g/mol. The molecule has 1 amide bonds. The van der Waals surface area contributed by atoms with Crippen LogP contribution in [-0.4, -0.2) is 51.6 Å². The van der Waals surface area contributed by atoms with Gasteiger partial charge in [-0.3, -0.25) is 4.79 Å². The summed E-state index contributed by atoms with van der Waals surface area (Å²) >= 11 is 1.23. The fourth-order valence-corrected chi connectivity index (χ4v) is 4.16. The number of amides is 1. The van der Waals surface area contributed by atoms with Crippen molar-refractivity contribution in [3.05, 3.63) is 59.7 Å². The van der Waals surface area contributed by atoms with Gasteiger partial charge in [-0.25, -0.2) is 4.98 Å². The summed E-state index contributed by atoms with van der Waals surface area (Å²) in [5, 5.41) is 12.9. The molecule has 0 atom stereocenters. The first-order valence-electron chi connectivity index (χ1n) is 10.8. The highest BCUT2D eigenvalue weighted by atomic mass is 32.2. The number of nitrogens with zero attached hydrogens (tertiary/aromatic N) is 2. The second-order valence-electron chi connectivity index (χ2n) is 7.31. The summed E-state index contributed by atoms with van der Waals surface area (Å²) in [5.74, 6) is 2.51. The van der Waals surface area contributed by atoms with Crippen molar-refractivity contribution in [3.63, 3.8) is 0 Å². The molecule has 0 saturated carbocycles. The molecular weight excluding hydrogens is 466 g/mol. The van der Waals surface area contributed by atoms with Gasteiger partial charge in [-0.15, -0.1) is 0 Å². The molecule has 1 aromatic heterocycles. The van der Waals surface area contributed by atoms with Gasteiger partial charge in [-0.05, 0) is 54.4 Å². The van der Waals surface area contributed by atoms with Crippen molar-refractivity contribution in [1.82, 2.24) is 10.3 Å². The van der Waals surface area contributed by atoms with Crippen LogP contribution in [0, 0.1) is 11.3 Å². The smallest absolute Gasteiger partial charge is 0.230 e. The molecule has 1 heterocycles. The van der Waals surface area contributed by atoms with E-state index in [2.05, 4.69) is 16.4 Å². The predicted octanol–water partition coefficient (Wildman–Crippen LogP) is 4.11. The van der Waals surface area contributed by atoms with Crippen LogP contribution in [0.1, 0.15) is 11.1 Å². The van der Waals surface area contributed by atoms with Crippen LogP contribution >= 0.6 is 11.8 Å². The van der Waals surface area contributed by atoms with Crippen molar-refractivity contribution >= 4 is 17.7 Å². The number of carbonyl (C=O) groups excluding carboxylic acids is 1. The van der Waals surface area contributed by atoms with E-state index in [4.69, 9.17) is 18.9 Å². The largest absolute Gasteiger partial charge is 0.493 e. The van der Waals surface area contributed by atoms with Gasteiger partial charge in [-0.2, -0.15) is 5.26 Å². The van der Waals surface area contributed by atoms with Gasteiger partial charge >= 0.3 is 0 Å². The molecule has 9 heteroatoms. The average molecular weight is 494 g/mol. The first-order valence-corrected chi connectivity index (χ1v) is 11.8. The Bertz CT molecular complexity index is 1230. The summed E-state index contributed by atoms with van der Waals surface area (Å²) < 4.78 is 21.2. The third kappa shape index (κ3) is 6.58. The van der Waals surface area contributed by atoms with E-state index in [1.165, 1.54) is 11.8 Å². The summed E-state index contributed by atoms with van der Waals surface area (Å²) in [6, 6.07) is 16.8. The van der Waals surface area contributed by atoms with Crippen LogP contribution < -0.4 is 24.3 Å². The first-order chi connectivity index (χ1) is 17.0. The van der Waals surface area contributed by atoms with Gasteiger partial charge in [0.1, 0.15) is 11.1 Å². The maximum absolute atomic E-state index is 12.4. The molecular formula is C26H27N3O5S. The summed E-state index contributed by atoms with van der Waals surface area (Å²) in [4.78, 5) is 17.0. The molecule has 0 unspecified atom stereocenters. The number of rotatable bonds is 11. The van der Waals surface area contributed by atoms with Crippen molar-refractivity contribution in [2.45, 2.75) is 11.4 Å². The van der Waals surface area contributed by atoms with E-state index < -0.39 is 0 Å². The molecule has 8 nitrogen and oxygen atoms in total. The lowest BCUT2D eigenvalue weighted by Gasteiger charge is -2.11. The van der Waals surface area contributed by atoms with Gasteiger partial charge in [0.05, 0.1) is 45.4 Å². The van der Waals surface area contributed by atoms with Gasteiger partial charge in [0.15, 0.2) is 23.0 Å². The zero-order valence-electron chi connectivity index (χ0n) is 20.1. The molecule has 0 saturated heterocycles. The number of hydrogen-bond donors (Lipinski definition) is 1. The topological polar surface area (TPSA) is 103 Å². The molecule has 3 rings (SSSR count). The van der Waals surface area contributed by atoms with Crippen molar-refractivity contribution < 1.29 is 23.7 Å². The van der Waals surface area contributed by atoms with Crippen LogP contribution in [0.25, 0.3) is 11.3 Å². The minimum Gasteiger partial charge on any atom is -0.493 e. The maximum atomic E-state index is 12.4. The molecule has 3 aromatic rings. The normalized spacial score (nSPS) is 10.3. The Balaban J connectivity index is 1.62. The van der Waals surface area contributed by atoms with Crippen LogP contribution in [0.2, 0.25) is 0 Å². The van der Waals surface area contributed by atoms with Gasteiger partial charge in [0.25, 0.3) is 0 Å². The first kappa shape index (κ1) is 25.7. The Morgan fingerprint density at radius 3 is 2.23 bits per heavy atom. The van der Waals surface area contributed by atoms with E-state index >= 15 is 0 Å². The number of aromatic nitrogens is 1. The Labute approximate surface area is 209 Å². The number of hydrogen-bond acceptors (Lipinski definition) is 8. The Morgan fingerprint density at radius 2 is 1.57 bits per heavy atom. The van der Waals surface area contributed by atoms with Gasteiger partial charge < -0.3 is 24.3 Å². The minimum absolute atomic E-state index is 0.141. The lowest BCUT2D eigenvalue weighted by molar-refractivity contribution is -0.118.